The number of halogens is 3. The third-order valence-electron chi connectivity index (χ3n) is 3.48. The number of esters is 1. The van der Waals surface area contributed by atoms with Crippen molar-refractivity contribution in [2.75, 3.05) is 12.3 Å². The van der Waals surface area contributed by atoms with Crippen molar-refractivity contribution >= 4 is 11.7 Å². The van der Waals surface area contributed by atoms with Crippen LogP contribution in [0.2, 0.25) is 0 Å². The second-order valence-electron chi connectivity index (χ2n) is 5.14. The maximum atomic E-state index is 14.3. The summed E-state index contributed by atoms with van der Waals surface area (Å²) in [7, 11) is 0. The van der Waals surface area contributed by atoms with Crippen molar-refractivity contribution in [1.82, 2.24) is 4.98 Å². The topological polar surface area (TPSA) is 65.2 Å². The molecule has 2 aromatic rings. The maximum Gasteiger partial charge on any atom is 0.338 e. The van der Waals surface area contributed by atoms with Gasteiger partial charge in [-0.15, -0.1) is 0 Å². The number of carbonyl (C=O) groups is 1. The monoisotopic (exact) mass is 338 g/mol. The highest BCUT2D eigenvalue weighted by Crippen LogP contribution is 2.33. The van der Waals surface area contributed by atoms with Gasteiger partial charge >= 0.3 is 5.97 Å². The Morgan fingerprint density at radius 1 is 1.29 bits per heavy atom. The van der Waals surface area contributed by atoms with Gasteiger partial charge in [0.2, 0.25) is 0 Å². The van der Waals surface area contributed by atoms with Gasteiger partial charge in [-0.2, -0.15) is 8.78 Å². The average Bonchev–Trinajstić information content (AvgIpc) is 2.54. The SMILES string of the molecule is CCOC(=O)c1cc(N)cc(F)c1-c1ccc(C(F)(F)CC)nc1. The predicted octanol–water partition coefficient (Wildman–Crippen LogP) is 4.15. The largest absolute Gasteiger partial charge is 0.462 e. The van der Waals surface area contributed by atoms with Gasteiger partial charge in [-0.25, -0.2) is 9.18 Å². The van der Waals surface area contributed by atoms with E-state index in [1.54, 1.807) is 6.92 Å². The molecule has 0 fully saturated rings. The van der Waals surface area contributed by atoms with Gasteiger partial charge in [0, 0.05) is 29.4 Å². The molecule has 2 rings (SSSR count). The van der Waals surface area contributed by atoms with Crippen molar-refractivity contribution in [3.63, 3.8) is 0 Å². The molecular formula is C17H17F3N2O2. The lowest BCUT2D eigenvalue weighted by atomic mass is 9.99. The summed E-state index contributed by atoms with van der Waals surface area (Å²) in [6.45, 7) is 3.06. The van der Waals surface area contributed by atoms with Gasteiger partial charge in [-0.3, -0.25) is 4.98 Å². The predicted molar refractivity (Wildman–Crippen MR) is 84.2 cm³/mol. The van der Waals surface area contributed by atoms with Crippen LogP contribution in [0.1, 0.15) is 36.3 Å². The summed E-state index contributed by atoms with van der Waals surface area (Å²) in [5, 5.41) is 0. The van der Waals surface area contributed by atoms with Crippen LogP contribution in [0, 0.1) is 5.82 Å². The van der Waals surface area contributed by atoms with Crippen LogP contribution in [0.15, 0.2) is 30.5 Å². The van der Waals surface area contributed by atoms with E-state index in [1.807, 2.05) is 0 Å². The number of anilines is 1. The zero-order valence-electron chi connectivity index (χ0n) is 13.3. The lowest BCUT2D eigenvalue weighted by Crippen LogP contribution is -2.13. The molecule has 0 aliphatic rings. The molecule has 0 unspecified atom stereocenters. The molecule has 128 valence electrons. The number of carbonyl (C=O) groups excluding carboxylic acids is 1. The van der Waals surface area contributed by atoms with E-state index in [1.165, 1.54) is 19.1 Å². The van der Waals surface area contributed by atoms with Crippen molar-refractivity contribution in [1.29, 1.82) is 0 Å². The molecule has 24 heavy (non-hydrogen) atoms. The molecule has 7 heteroatoms. The third kappa shape index (κ3) is 3.50. The van der Waals surface area contributed by atoms with E-state index in [-0.39, 0.29) is 29.0 Å². The lowest BCUT2D eigenvalue weighted by Gasteiger charge is -2.15. The number of nitrogens with zero attached hydrogens (tertiary/aromatic N) is 1. The standard InChI is InChI=1S/C17H17F3N2O2/c1-3-17(19,20)14-6-5-10(9-22-14)15-12(16(23)24-4-2)7-11(21)8-13(15)18/h5-9H,3-4,21H2,1-2H3. The molecule has 0 aliphatic heterocycles. The molecule has 0 aliphatic carbocycles. The zero-order chi connectivity index (χ0) is 17.9. The first-order chi connectivity index (χ1) is 11.3. The first-order valence-corrected chi connectivity index (χ1v) is 7.41. The Hall–Kier alpha value is -2.57. The Kier molecular flexibility index (Phi) is 5.11. The van der Waals surface area contributed by atoms with E-state index in [0.29, 0.717) is 0 Å². The van der Waals surface area contributed by atoms with E-state index in [4.69, 9.17) is 10.5 Å². The van der Waals surface area contributed by atoms with E-state index >= 15 is 0 Å². The summed E-state index contributed by atoms with van der Waals surface area (Å²) in [6, 6.07) is 4.74. The van der Waals surface area contributed by atoms with E-state index < -0.39 is 29.8 Å². The molecule has 1 heterocycles. The summed E-state index contributed by atoms with van der Waals surface area (Å²) in [5.74, 6) is -4.57. The van der Waals surface area contributed by atoms with Crippen LogP contribution < -0.4 is 5.73 Å². The Morgan fingerprint density at radius 3 is 2.54 bits per heavy atom. The Labute approximate surface area is 137 Å². The summed E-state index contributed by atoms with van der Waals surface area (Å²) in [6.07, 6.45) is 0.708. The second kappa shape index (κ2) is 6.90. The van der Waals surface area contributed by atoms with Gasteiger partial charge in [0.25, 0.3) is 5.92 Å². The molecule has 0 amide bonds. The summed E-state index contributed by atoms with van der Waals surface area (Å²) in [5.41, 5.74) is 5.25. The normalized spacial score (nSPS) is 11.4. The van der Waals surface area contributed by atoms with Crippen LogP contribution in [0.5, 0.6) is 0 Å². The second-order valence-corrected chi connectivity index (χ2v) is 5.14. The Balaban J connectivity index is 2.54. The number of aromatic nitrogens is 1. The molecule has 4 nitrogen and oxygen atoms in total. The van der Waals surface area contributed by atoms with E-state index in [9.17, 15) is 18.0 Å². The van der Waals surface area contributed by atoms with E-state index in [2.05, 4.69) is 4.98 Å². The molecule has 2 N–H and O–H groups in total. The molecule has 0 spiro atoms. The van der Waals surface area contributed by atoms with Gasteiger partial charge in [-0.1, -0.05) is 13.0 Å². The molecule has 0 saturated carbocycles. The van der Waals surface area contributed by atoms with Gasteiger partial charge in [0.15, 0.2) is 0 Å². The quantitative estimate of drug-likeness (QED) is 0.657. The number of pyridine rings is 1. The minimum absolute atomic E-state index is 0.0569. The minimum Gasteiger partial charge on any atom is -0.462 e. The highest BCUT2D eigenvalue weighted by atomic mass is 19.3. The smallest absolute Gasteiger partial charge is 0.338 e. The van der Waals surface area contributed by atoms with Crippen molar-refractivity contribution < 1.29 is 22.7 Å². The maximum absolute atomic E-state index is 14.3. The number of rotatable bonds is 5. The highest BCUT2D eigenvalue weighted by molar-refractivity contribution is 5.98. The van der Waals surface area contributed by atoms with E-state index in [0.717, 1.165) is 18.3 Å². The van der Waals surface area contributed by atoms with Crippen molar-refractivity contribution in [3.05, 3.63) is 47.5 Å². The molecule has 1 aromatic carbocycles. The van der Waals surface area contributed by atoms with Gasteiger partial charge in [-0.05, 0) is 25.1 Å². The van der Waals surface area contributed by atoms with Crippen LogP contribution in [-0.4, -0.2) is 17.6 Å². The Bertz CT molecular complexity index is 746. The van der Waals surface area contributed by atoms with Crippen LogP contribution >= 0.6 is 0 Å². The number of benzene rings is 1. The fourth-order valence-corrected chi connectivity index (χ4v) is 2.23. The van der Waals surface area contributed by atoms with Gasteiger partial charge < -0.3 is 10.5 Å². The molecule has 0 atom stereocenters. The third-order valence-corrected chi connectivity index (χ3v) is 3.48. The van der Waals surface area contributed by atoms with Crippen LogP contribution in [0.3, 0.4) is 0 Å². The van der Waals surface area contributed by atoms with Crippen LogP contribution in [0.4, 0.5) is 18.9 Å². The van der Waals surface area contributed by atoms with Gasteiger partial charge in [0.1, 0.15) is 11.5 Å². The lowest BCUT2D eigenvalue weighted by molar-refractivity contribution is -0.0127. The van der Waals surface area contributed by atoms with Crippen LogP contribution in [0.25, 0.3) is 11.1 Å². The Morgan fingerprint density at radius 2 is 2.00 bits per heavy atom. The summed E-state index contributed by atoms with van der Waals surface area (Å²) >= 11 is 0. The fraction of sp³-hybridized carbons (Fsp3) is 0.294. The number of nitrogen functional groups attached to an aromatic ring is 1. The minimum atomic E-state index is -3.07. The molecule has 0 radical (unpaired) electrons. The highest BCUT2D eigenvalue weighted by Gasteiger charge is 2.30. The number of hydrogen-bond acceptors (Lipinski definition) is 4. The zero-order valence-corrected chi connectivity index (χ0v) is 13.3. The average molecular weight is 338 g/mol. The number of hydrogen-bond donors (Lipinski definition) is 1. The number of ether oxygens (including phenoxy) is 1. The van der Waals surface area contributed by atoms with Crippen molar-refractivity contribution in [2.24, 2.45) is 0 Å². The van der Waals surface area contributed by atoms with Crippen molar-refractivity contribution in [2.45, 2.75) is 26.2 Å². The van der Waals surface area contributed by atoms with Crippen molar-refractivity contribution in [3.8, 4) is 11.1 Å². The fourth-order valence-electron chi connectivity index (χ4n) is 2.23. The first-order valence-electron chi connectivity index (χ1n) is 7.41. The molecule has 0 bridgehead atoms. The molecule has 0 saturated heterocycles. The summed E-state index contributed by atoms with van der Waals surface area (Å²) < 4.78 is 46.5. The van der Waals surface area contributed by atoms with Crippen LogP contribution in [-0.2, 0) is 10.7 Å². The summed E-state index contributed by atoms with van der Waals surface area (Å²) in [4.78, 5) is 15.7. The first kappa shape index (κ1) is 17.8. The molecule has 1 aromatic heterocycles. The number of alkyl halides is 2. The number of nitrogens with two attached hydrogens (primary N) is 1. The van der Waals surface area contributed by atoms with Gasteiger partial charge in [0.05, 0.1) is 12.2 Å². The molecular weight excluding hydrogens is 321 g/mol.